The molecule has 0 bridgehead atoms. The maximum Gasteiger partial charge on any atom is 0.254 e. The average molecular weight is 375 g/mol. The molecule has 0 aromatic heterocycles. The molecule has 3 rings (SSSR count). The fraction of sp³-hybridized carbons (Fsp3) is 0.350. The summed E-state index contributed by atoms with van der Waals surface area (Å²) in [6.45, 7) is 3.99. The van der Waals surface area contributed by atoms with E-state index in [0.717, 1.165) is 17.7 Å². The zero-order valence-electron chi connectivity index (χ0n) is 15.2. The number of nitrogens with one attached hydrogen (secondary N) is 1. The number of piperazine rings is 1. The van der Waals surface area contributed by atoms with Crippen molar-refractivity contribution in [3.63, 3.8) is 0 Å². The molecule has 1 unspecified atom stereocenters. The molecular weight excluding hydrogens is 352 g/mol. The highest BCUT2D eigenvalue weighted by Crippen LogP contribution is 2.33. The smallest absolute Gasteiger partial charge is 0.254 e. The van der Waals surface area contributed by atoms with Crippen molar-refractivity contribution in [3.05, 3.63) is 58.1 Å². The number of halogens is 1. The van der Waals surface area contributed by atoms with Crippen LogP contribution in [0.15, 0.2) is 36.4 Å². The minimum atomic E-state index is -0.0672. The Hall–Kier alpha value is -2.24. The summed E-state index contributed by atoms with van der Waals surface area (Å²) >= 11 is 6.15. The molecule has 1 aliphatic heterocycles. The van der Waals surface area contributed by atoms with Crippen molar-refractivity contribution in [1.82, 2.24) is 10.2 Å². The van der Waals surface area contributed by atoms with Gasteiger partial charge in [0.1, 0.15) is 0 Å². The summed E-state index contributed by atoms with van der Waals surface area (Å²) in [7, 11) is 3.16. The van der Waals surface area contributed by atoms with Crippen LogP contribution in [0.3, 0.4) is 0 Å². The van der Waals surface area contributed by atoms with Crippen molar-refractivity contribution in [2.75, 3.05) is 33.9 Å². The molecule has 1 aliphatic rings. The van der Waals surface area contributed by atoms with Crippen molar-refractivity contribution >= 4 is 17.5 Å². The molecule has 0 saturated carbocycles. The number of rotatable bonds is 4. The zero-order valence-corrected chi connectivity index (χ0v) is 16.0. The van der Waals surface area contributed by atoms with E-state index in [1.807, 2.05) is 42.2 Å². The van der Waals surface area contributed by atoms with Gasteiger partial charge in [-0.2, -0.15) is 0 Å². The van der Waals surface area contributed by atoms with Crippen LogP contribution in [0.2, 0.25) is 5.02 Å². The van der Waals surface area contributed by atoms with Crippen LogP contribution in [0.1, 0.15) is 27.5 Å². The van der Waals surface area contributed by atoms with E-state index in [2.05, 4.69) is 5.32 Å². The minimum absolute atomic E-state index is 0.0186. The molecule has 5 nitrogen and oxygen atoms in total. The van der Waals surface area contributed by atoms with Crippen LogP contribution in [-0.4, -0.2) is 44.7 Å². The maximum atomic E-state index is 13.3. The first-order chi connectivity index (χ1) is 12.5. The van der Waals surface area contributed by atoms with E-state index in [-0.39, 0.29) is 11.9 Å². The summed E-state index contributed by atoms with van der Waals surface area (Å²) in [6.07, 6.45) is 0. The van der Waals surface area contributed by atoms with Gasteiger partial charge in [-0.15, -0.1) is 0 Å². The quantitative estimate of drug-likeness (QED) is 0.890. The number of benzene rings is 2. The summed E-state index contributed by atoms with van der Waals surface area (Å²) < 4.78 is 10.7. The Morgan fingerprint density at radius 2 is 1.92 bits per heavy atom. The number of ether oxygens (including phenoxy) is 2. The Morgan fingerprint density at radius 3 is 2.62 bits per heavy atom. The van der Waals surface area contributed by atoms with Gasteiger partial charge in [-0.05, 0) is 42.3 Å². The predicted molar refractivity (Wildman–Crippen MR) is 102 cm³/mol. The van der Waals surface area contributed by atoms with Gasteiger partial charge >= 0.3 is 0 Å². The van der Waals surface area contributed by atoms with Crippen molar-refractivity contribution in [2.24, 2.45) is 0 Å². The lowest BCUT2D eigenvalue weighted by atomic mass is 10.00. The third kappa shape index (κ3) is 3.64. The predicted octanol–water partition coefficient (Wildman–Crippen LogP) is 3.45. The topological polar surface area (TPSA) is 50.8 Å². The molecule has 1 saturated heterocycles. The standard InChI is InChI=1S/C20H23ClN2O3/c1-13-9-18(25-2)19(26-3)11-16(13)20(24)23-8-7-22-12-17(23)14-5-4-6-15(21)10-14/h4-6,9-11,17,22H,7-8,12H2,1-3H3. The van der Waals surface area contributed by atoms with Gasteiger partial charge in [-0.25, -0.2) is 0 Å². The van der Waals surface area contributed by atoms with Gasteiger partial charge in [0.2, 0.25) is 0 Å². The second-order valence-corrected chi connectivity index (χ2v) is 6.73. The fourth-order valence-electron chi connectivity index (χ4n) is 3.32. The van der Waals surface area contributed by atoms with Gasteiger partial charge < -0.3 is 19.7 Å². The van der Waals surface area contributed by atoms with Crippen LogP contribution in [0.5, 0.6) is 11.5 Å². The molecule has 1 heterocycles. The highest BCUT2D eigenvalue weighted by Gasteiger charge is 2.30. The van der Waals surface area contributed by atoms with Gasteiger partial charge in [0.25, 0.3) is 5.91 Å². The van der Waals surface area contributed by atoms with Crippen molar-refractivity contribution in [1.29, 1.82) is 0 Å². The van der Waals surface area contributed by atoms with Gasteiger partial charge in [-0.3, -0.25) is 4.79 Å². The summed E-state index contributed by atoms with van der Waals surface area (Å²) in [6, 6.07) is 11.2. The van der Waals surface area contributed by atoms with Gasteiger partial charge in [0.15, 0.2) is 11.5 Å². The lowest BCUT2D eigenvalue weighted by molar-refractivity contribution is 0.0633. The summed E-state index contributed by atoms with van der Waals surface area (Å²) in [4.78, 5) is 15.2. The Kier molecular flexibility index (Phi) is 5.69. The highest BCUT2D eigenvalue weighted by atomic mass is 35.5. The lowest BCUT2D eigenvalue weighted by Gasteiger charge is -2.37. The van der Waals surface area contributed by atoms with E-state index < -0.39 is 0 Å². The molecule has 1 N–H and O–H groups in total. The van der Waals surface area contributed by atoms with E-state index in [9.17, 15) is 4.79 Å². The average Bonchev–Trinajstić information content (AvgIpc) is 2.67. The van der Waals surface area contributed by atoms with Crippen LogP contribution >= 0.6 is 11.6 Å². The molecule has 1 fully saturated rings. The summed E-state index contributed by atoms with van der Waals surface area (Å²) in [5.41, 5.74) is 2.50. The van der Waals surface area contributed by atoms with Gasteiger partial charge in [0, 0.05) is 30.2 Å². The molecule has 1 amide bonds. The van der Waals surface area contributed by atoms with Gasteiger partial charge in [-0.1, -0.05) is 23.7 Å². The van der Waals surface area contributed by atoms with E-state index in [1.165, 1.54) is 0 Å². The SMILES string of the molecule is COc1cc(C)c(C(=O)N2CCNCC2c2cccc(Cl)c2)cc1OC. The van der Waals surface area contributed by atoms with Crippen molar-refractivity contribution < 1.29 is 14.3 Å². The summed E-state index contributed by atoms with van der Waals surface area (Å²) in [5.74, 6) is 1.15. The highest BCUT2D eigenvalue weighted by molar-refractivity contribution is 6.30. The minimum Gasteiger partial charge on any atom is -0.493 e. The number of hydrogen-bond donors (Lipinski definition) is 1. The van der Waals surface area contributed by atoms with Crippen LogP contribution in [0.4, 0.5) is 0 Å². The number of nitrogens with zero attached hydrogens (tertiary/aromatic N) is 1. The van der Waals surface area contributed by atoms with E-state index in [0.29, 0.717) is 35.2 Å². The third-order valence-corrected chi connectivity index (χ3v) is 4.93. The van der Waals surface area contributed by atoms with Crippen LogP contribution in [-0.2, 0) is 0 Å². The summed E-state index contributed by atoms with van der Waals surface area (Å²) in [5, 5.41) is 4.03. The molecular formula is C20H23ClN2O3. The first-order valence-corrected chi connectivity index (χ1v) is 8.92. The number of hydrogen-bond acceptors (Lipinski definition) is 4. The van der Waals surface area contributed by atoms with Crippen molar-refractivity contribution in [2.45, 2.75) is 13.0 Å². The molecule has 6 heteroatoms. The lowest BCUT2D eigenvalue weighted by Crippen LogP contribution is -2.48. The maximum absolute atomic E-state index is 13.3. The first kappa shape index (κ1) is 18.5. The van der Waals surface area contributed by atoms with E-state index in [1.54, 1.807) is 20.3 Å². The fourth-order valence-corrected chi connectivity index (χ4v) is 3.52. The number of amides is 1. The monoisotopic (exact) mass is 374 g/mol. The third-order valence-electron chi connectivity index (χ3n) is 4.70. The second-order valence-electron chi connectivity index (χ2n) is 6.30. The van der Waals surface area contributed by atoms with E-state index in [4.69, 9.17) is 21.1 Å². The zero-order chi connectivity index (χ0) is 18.7. The number of carbonyl (C=O) groups is 1. The largest absolute Gasteiger partial charge is 0.493 e. The molecule has 0 radical (unpaired) electrons. The molecule has 0 spiro atoms. The molecule has 138 valence electrons. The molecule has 2 aromatic carbocycles. The van der Waals surface area contributed by atoms with E-state index >= 15 is 0 Å². The number of methoxy groups -OCH3 is 2. The van der Waals surface area contributed by atoms with Crippen LogP contribution in [0.25, 0.3) is 0 Å². The molecule has 1 atom stereocenters. The Bertz CT molecular complexity index is 810. The normalized spacial score (nSPS) is 17.1. The Morgan fingerprint density at radius 1 is 1.19 bits per heavy atom. The molecule has 26 heavy (non-hydrogen) atoms. The van der Waals surface area contributed by atoms with Gasteiger partial charge in [0.05, 0.1) is 20.3 Å². The van der Waals surface area contributed by atoms with Crippen LogP contribution in [0, 0.1) is 6.92 Å². The van der Waals surface area contributed by atoms with Crippen molar-refractivity contribution in [3.8, 4) is 11.5 Å². The molecule has 2 aromatic rings. The first-order valence-electron chi connectivity index (χ1n) is 8.55. The Labute approximate surface area is 158 Å². The number of aryl methyl sites for hydroxylation is 1. The second kappa shape index (κ2) is 7.98. The Balaban J connectivity index is 1.97. The van der Waals surface area contributed by atoms with Crippen LogP contribution < -0.4 is 14.8 Å². The number of carbonyl (C=O) groups excluding carboxylic acids is 1. The molecule has 0 aliphatic carbocycles.